The van der Waals surface area contributed by atoms with Gasteiger partial charge < -0.3 is 15.0 Å². The SMILES string of the molecule is c1cc(OC2CCCC2)ccc1CCCN1CCNCC1. The normalized spacial score (nSPS) is 20.8. The summed E-state index contributed by atoms with van der Waals surface area (Å²) in [7, 11) is 0. The molecule has 1 saturated heterocycles. The van der Waals surface area contributed by atoms with Gasteiger partial charge >= 0.3 is 0 Å². The molecule has 0 unspecified atom stereocenters. The summed E-state index contributed by atoms with van der Waals surface area (Å²) in [6.07, 6.45) is 8.00. The molecule has 1 aromatic carbocycles. The van der Waals surface area contributed by atoms with Gasteiger partial charge in [-0.25, -0.2) is 0 Å². The minimum absolute atomic E-state index is 0.462. The van der Waals surface area contributed by atoms with Crippen LogP contribution in [-0.4, -0.2) is 43.7 Å². The van der Waals surface area contributed by atoms with Crippen molar-refractivity contribution in [2.24, 2.45) is 0 Å². The molecule has 116 valence electrons. The average Bonchev–Trinajstić information content (AvgIpc) is 3.03. The lowest BCUT2D eigenvalue weighted by Crippen LogP contribution is -2.43. The zero-order chi connectivity index (χ0) is 14.3. The Bertz CT molecular complexity index is 406. The first kappa shape index (κ1) is 14.9. The van der Waals surface area contributed by atoms with Gasteiger partial charge in [-0.2, -0.15) is 0 Å². The van der Waals surface area contributed by atoms with E-state index in [-0.39, 0.29) is 0 Å². The standard InChI is InChI=1S/C18H28N2O/c1-2-6-17(5-1)21-18-9-7-16(8-10-18)4-3-13-20-14-11-19-12-15-20/h7-10,17,19H,1-6,11-15H2. The third kappa shape index (κ3) is 4.72. The quantitative estimate of drug-likeness (QED) is 0.871. The Morgan fingerprint density at radius 3 is 2.48 bits per heavy atom. The maximum Gasteiger partial charge on any atom is 0.119 e. The van der Waals surface area contributed by atoms with Crippen molar-refractivity contribution in [3.8, 4) is 5.75 Å². The van der Waals surface area contributed by atoms with Crippen molar-refractivity contribution in [2.75, 3.05) is 32.7 Å². The number of benzene rings is 1. The number of nitrogens with one attached hydrogen (secondary N) is 1. The van der Waals surface area contributed by atoms with Crippen LogP contribution in [0.3, 0.4) is 0 Å². The highest BCUT2D eigenvalue weighted by Crippen LogP contribution is 2.24. The van der Waals surface area contributed by atoms with Crippen LogP contribution in [0.5, 0.6) is 5.75 Å². The van der Waals surface area contributed by atoms with Crippen LogP contribution in [0.4, 0.5) is 0 Å². The fourth-order valence-electron chi connectivity index (χ4n) is 3.37. The van der Waals surface area contributed by atoms with Gasteiger partial charge in [0, 0.05) is 26.2 Å². The summed E-state index contributed by atoms with van der Waals surface area (Å²) in [5.41, 5.74) is 1.43. The molecule has 1 heterocycles. The van der Waals surface area contributed by atoms with E-state index in [1.54, 1.807) is 0 Å². The van der Waals surface area contributed by atoms with Crippen molar-refractivity contribution >= 4 is 0 Å². The Hall–Kier alpha value is -1.06. The fourth-order valence-corrected chi connectivity index (χ4v) is 3.37. The molecule has 3 heteroatoms. The van der Waals surface area contributed by atoms with Crippen molar-refractivity contribution in [1.29, 1.82) is 0 Å². The molecule has 1 aromatic rings. The first-order valence-corrected chi connectivity index (χ1v) is 8.59. The van der Waals surface area contributed by atoms with Crippen LogP contribution >= 0.6 is 0 Å². The lowest BCUT2D eigenvalue weighted by atomic mass is 10.1. The lowest BCUT2D eigenvalue weighted by Gasteiger charge is -2.27. The topological polar surface area (TPSA) is 24.5 Å². The van der Waals surface area contributed by atoms with Gasteiger partial charge in [-0.05, 0) is 62.8 Å². The van der Waals surface area contributed by atoms with E-state index in [2.05, 4.69) is 34.5 Å². The number of aryl methyl sites for hydroxylation is 1. The predicted molar refractivity (Wildman–Crippen MR) is 87.0 cm³/mol. The highest BCUT2D eigenvalue weighted by molar-refractivity contribution is 5.27. The van der Waals surface area contributed by atoms with Crippen LogP contribution in [0.1, 0.15) is 37.7 Å². The van der Waals surface area contributed by atoms with Gasteiger partial charge in [0.25, 0.3) is 0 Å². The molecular formula is C18H28N2O. The summed E-state index contributed by atoms with van der Waals surface area (Å²) in [5.74, 6) is 1.05. The van der Waals surface area contributed by atoms with E-state index in [0.29, 0.717) is 6.10 Å². The summed E-state index contributed by atoms with van der Waals surface area (Å²) in [6, 6.07) is 8.78. The van der Waals surface area contributed by atoms with Crippen LogP contribution in [0.15, 0.2) is 24.3 Å². The van der Waals surface area contributed by atoms with Crippen LogP contribution in [-0.2, 0) is 6.42 Å². The zero-order valence-electron chi connectivity index (χ0n) is 13.0. The summed E-state index contributed by atoms with van der Waals surface area (Å²) in [6.45, 7) is 5.92. The number of piperazine rings is 1. The van der Waals surface area contributed by atoms with Crippen molar-refractivity contribution in [2.45, 2.75) is 44.6 Å². The molecule has 2 aliphatic rings. The lowest BCUT2D eigenvalue weighted by molar-refractivity contribution is 0.210. The second-order valence-electron chi connectivity index (χ2n) is 6.36. The molecule has 1 aliphatic heterocycles. The van der Waals surface area contributed by atoms with Gasteiger partial charge in [0.2, 0.25) is 0 Å². The van der Waals surface area contributed by atoms with Gasteiger partial charge in [0.15, 0.2) is 0 Å². The number of ether oxygens (including phenoxy) is 1. The molecule has 0 spiro atoms. The molecule has 1 saturated carbocycles. The number of rotatable bonds is 6. The van der Waals surface area contributed by atoms with Gasteiger partial charge in [0.05, 0.1) is 6.10 Å². The van der Waals surface area contributed by atoms with E-state index in [4.69, 9.17) is 4.74 Å². The van der Waals surface area contributed by atoms with Crippen LogP contribution in [0.2, 0.25) is 0 Å². The van der Waals surface area contributed by atoms with Crippen molar-refractivity contribution in [3.05, 3.63) is 29.8 Å². The van der Waals surface area contributed by atoms with E-state index >= 15 is 0 Å². The molecule has 2 fully saturated rings. The Balaban J connectivity index is 1.39. The highest BCUT2D eigenvalue weighted by Gasteiger charge is 2.16. The van der Waals surface area contributed by atoms with Gasteiger partial charge in [-0.15, -0.1) is 0 Å². The van der Waals surface area contributed by atoms with Crippen molar-refractivity contribution in [1.82, 2.24) is 10.2 Å². The summed E-state index contributed by atoms with van der Waals surface area (Å²) >= 11 is 0. The highest BCUT2D eigenvalue weighted by atomic mass is 16.5. The maximum atomic E-state index is 6.01. The molecule has 1 aliphatic carbocycles. The Morgan fingerprint density at radius 1 is 1.05 bits per heavy atom. The van der Waals surface area contributed by atoms with Crippen molar-refractivity contribution in [3.63, 3.8) is 0 Å². The van der Waals surface area contributed by atoms with E-state index in [9.17, 15) is 0 Å². The molecule has 0 radical (unpaired) electrons. The van der Waals surface area contributed by atoms with E-state index in [1.807, 2.05) is 0 Å². The van der Waals surface area contributed by atoms with E-state index < -0.39 is 0 Å². The molecule has 3 rings (SSSR count). The minimum Gasteiger partial charge on any atom is -0.490 e. The summed E-state index contributed by atoms with van der Waals surface area (Å²) in [4.78, 5) is 2.56. The zero-order valence-corrected chi connectivity index (χ0v) is 13.0. The summed E-state index contributed by atoms with van der Waals surface area (Å²) in [5, 5.41) is 3.40. The number of nitrogens with zero attached hydrogens (tertiary/aromatic N) is 1. The Labute approximate surface area is 128 Å². The molecule has 0 aromatic heterocycles. The smallest absolute Gasteiger partial charge is 0.119 e. The largest absolute Gasteiger partial charge is 0.490 e. The second-order valence-corrected chi connectivity index (χ2v) is 6.36. The molecule has 0 bridgehead atoms. The molecule has 3 nitrogen and oxygen atoms in total. The fraction of sp³-hybridized carbons (Fsp3) is 0.667. The average molecular weight is 288 g/mol. The molecule has 21 heavy (non-hydrogen) atoms. The number of hydrogen-bond donors (Lipinski definition) is 1. The Kier molecular flexibility index (Phi) is 5.53. The summed E-state index contributed by atoms with van der Waals surface area (Å²) < 4.78 is 6.01. The van der Waals surface area contributed by atoms with Crippen LogP contribution in [0, 0.1) is 0 Å². The van der Waals surface area contributed by atoms with E-state index in [1.165, 1.54) is 63.7 Å². The maximum absolute atomic E-state index is 6.01. The van der Waals surface area contributed by atoms with E-state index in [0.717, 1.165) is 18.8 Å². The predicted octanol–water partition coefficient (Wildman–Crippen LogP) is 2.85. The van der Waals surface area contributed by atoms with Gasteiger partial charge in [0.1, 0.15) is 5.75 Å². The molecule has 1 N–H and O–H groups in total. The van der Waals surface area contributed by atoms with Gasteiger partial charge in [-0.3, -0.25) is 0 Å². The third-order valence-corrected chi connectivity index (χ3v) is 4.68. The van der Waals surface area contributed by atoms with Gasteiger partial charge in [-0.1, -0.05) is 12.1 Å². The third-order valence-electron chi connectivity index (χ3n) is 4.68. The first-order valence-electron chi connectivity index (χ1n) is 8.59. The van der Waals surface area contributed by atoms with Crippen LogP contribution < -0.4 is 10.1 Å². The van der Waals surface area contributed by atoms with Crippen LogP contribution in [0.25, 0.3) is 0 Å². The molecule has 0 atom stereocenters. The number of hydrogen-bond acceptors (Lipinski definition) is 3. The second kappa shape index (κ2) is 7.81. The molecule has 0 amide bonds. The monoisotopic (exact) mass is 288 g/mol. The minimum atomic E-state index is 0.462. The Morgan fingerprint density at radius 2 is 1.76 bits per heavy atom. The molecular weight excluding hydrogens is 260 g/mol. The van der Waals surface area contributed by atoms with Crippen molar-refractivity contribution < 1.29 is 4.74 Å². The first-order chi connectivity index (χ1) is 10.4.